The molecule has 3 N–H and O–H groups in total. The maximum absolute atomic E-state index is 13.0. The van der Waals surface area contributed by atoms with Crippen LogP contribution in [-0.2, 0) is 11.3 Å². The van der Waals surface area contributed by atoms with Crippen molar-refractivity contribution in [3.63, 3.8) is 0 Å². The molecule has 3 bridgehead atoms. The SMILES string of the molecule is O=C(NCC12CCCC3CC(CC3C1)C2)c1cc(COCCNCCO)ccc1Cl. The number of amides is 1. The summed E-state index contributed by atoms with van der Waals surface area (Å²) < 4.78 is 5.66. The fourth-order valence-electron chi connectivity index (χ4n) is 6.27. The van der Waals surface area contributed by atoms with Gasteiger partial charge in [-0.05, 0) is 73.0 Å². The normalized spacial score (nSPS) is 29.7. The molecule has 3 aliphatic carbocycles. The Bertz CT molecular complexity index is 743. The van der Waals surface area contributed by atoms with Crippen molar-refractivity contribution in [2.45, 2.75) is 51.6 Å². The Morgan fingerprint density at radius 3 is 2.97 bits per heavy atom. The van der Waals surface area contributed by atoms with Crippen LogP contribution in [0.15, 0.2) is 18.2 Å². The highest BCUT2D eigenvalue weighted by Gasteiger charge is 2.49. The fourth-order valence-corrected chi connectivity index (χ4v) is 6.48. The number of aliphatic hydroxyl groups is 1. The average molecular weight is 435 g/mol. The van der Waals surface area contributed by atoms with Crippen molar-refractivity contribution in [3.8, 4) is 0 Å². The van der Waals surface area contributed by atoms with Crippen molar-refractivity contribution < 1.29 is 14.6 Å². The number of ether oxygens (including phenoxy) is 1. The second-order valence-electron chi connectivity index (χ2n) is 9.68. The van der Waals surface area contributed by atoms with E-state index in [1.165, 1.54) is 44.9 Å². The molecule has 0 saturated heterocycles. The molecule has 4 unspecified atom stereocenters. The van der Waals surface area contributed by atoms with E-state index < -0.39 is 0 Å². The second-order valence-corrected chi connectivity index (χ2v) is 10.1. The van der Waals surface area contributed by atoms with Crippen molar-refractivity contribution in [2.75, 3.05) is 32.8 Å². The summed E-state index contributed by atoms with van der Waals surface area (Å²) in [6.07, 6.45) is 9.37. The number of carbonyl (C=O) groups is 1. The second kappa shape index (κ2) is 9.99. The number of hydrogen-bond donors (Lipinski definition) is 3. The molecule has 3 saturated carbocycles. The van der Waals surface area contributed by atoms with Crippen LogP contribution < -0.4 is 10.6 Å². The van der Waals surface area contributed by atoms with Gasteiger partial charge in [-0.3, -0.25) is 4.79 Å². The standard InChI is InChI=1S/C24H35ClN2O3/c25-22-4-3-17(15-30-9-7-26-6-8-28)12-21(22)23(29)27-16-24-5-1-2-19-10-18(13-24)11-20(19)14-24/h3-4,12,18-20,26,28H,1-2,5-11,13-16H2,(H,27,29). The molecule has 1 amide bonds. The number of nitrogens with one attached hydrogen (secondary N) is 2. The summed E-state index contributed by atoms with van der Waals surface area (Å²) in [4.78, 5) is 13.0. The molecular weight excluding hydrogens is 400 g/mol. The van der Waals surface area contributed by atoms with Crippen LogP contribution in [0.25, 0.3) is 0 Å². The lowest BCUT2D eigenvalue weighted by atomic mass is 9.67. The lowest BCUT2D eigenvalue weighted by Gasteiger charge is -2.40. The van der Waals surface area contributed by atoms with Crippen molar-refractivity contribution in [2.24, 2.45) is 23.2 Å². The number of aliphatic hydroxyl groups excluding tert-OH is 1. The topological polar surface area (TPSA) is 70.6 Å². The van der Waals surface area contributed by atoms with E-state index in [9.17, 15) is 4.79 Å². The van der Waals surface area contributed by atoms with Gasteiger partial charge in [0, 0.05) is 19.6 Å². The van der Waals surface area contributed by atoms with Crippen LogP contribution in [0.2, 0.25) is 5.02 Å². The van der Waals surface area contributed by atoms with Crippen LogP contribution in [0.4, 0.5) is 0 Å². The molecule has 30 heavy (non-hydrogen) atoms. The first-order chi connectivity index (χ1) is 14.6. The number of benzene rings is 1. The van der Waals surface area contributed by atoms with Gasteiger partial charge in [-0.25, -0.2) is 0 Å². The Labute approximate surface area is 184 Å². The summed E-state index contributed by atoms with van der Waals surface area (Å²) in [5.74, 6) is 2.64. The van der Waals surface area contributed by atoms with Crippen molar-refractivity contribution >= 4 is 17.5 Å². The molecule has 3 fully saturated rings. The maximum atomic E-state index is 13.0. The summed E-state index contributed by atoms with van der Waals surface area (Å²) in [6, 6.07) is 5.54. The smallest absolute Gasteiger partial charge is 0.252 e. The zero-order chi connectivity index (χ0) is 21.0. The fraction of sp³-hybridized carbons (Fsp3) is 0.708. The van der Waals surface area contributed by atoms with Gasteiger partial charge in [0.1, 0.15) is 0 Å². The van der Waals surface area contributed by atoms with Gasteiger partial charge in [-0.15, -0.1) is 0 Å². The molecule has 6 heteroatoms. The van der Waals surface area contributed by atoms with Crippen molar-refractivity contribution in [1.29, 1.82) is 0 Å². The van der Waals surface area contributed by atoms with E-state index in [4.69, 9.17) is 21.4 Å². The first kappa shape index (κ1) is 22.1. The molecule has 1 aromatic rings. The minimum absolute atomic E-state index is 0.0699. The molecular formula is C24H35ClN2O3. The van der Waals surface area contributed by atoms with E-state index in [1.54, 1.807) is 6.07 Å². The van der Waals surface area contributed by atoms with E-state index in [0.29, 0.717) is 42.3 Å². The molecule has 1 aromatic carbocycles. The molecule has 0 spiro atoms. The van der Waals surface area contributed by atoms with E-state index in [-0.39, 0.29) is 12.5 Å². The predicted molar refractivity (Wildman–Crippen MR) is 119 cm³/mol. The summed E-state index contributed by atoms with van der Waals surface area (Å²) in [7, 11) is 0. The van der Waals surface area contributed by atoms with Crippen LogP contribution in [0.3, 0.4) is 0 Å². The van der Waals surface area contributed by atoms with Gasteiger partial charge in [0.25, 0.3) is 5.91 Å². The largest absolute Gasteiger partial charge is 0.395 e. The number of rotatable bonds is 10. The zero-order valence-electron chi connectivity index (χ0n) is 17.8. The summed E-state index contributed by atoms with van der Waals surface area (Å²) in [5, 5.41) is 15.6. The van der Waals surface area contributed by atoms with Gasteiger partial charge in [0.2, 0.25) is 0 Å². The Morgan fingerprint density at radius 1 is 1.23 bits per heavy atom. The third-order valence-corrected chi connectivity index (χ3v) is 7.85. The molecule has 4 rings (SSSR count). The van der Waals surface area contributed by atoms with Crippen molar-refractivity contribution in [1.82, 2.24) is 10.6 Å². The van der Waals surface area contributed by atoms with Gasteiger partial charge >= 0.3 is 0 Å². The van der Waals surface area contributed by atoms with Crippen LogP contribution in [-0.4, -0.2) is 43.9 Å². The van der Waals surface area contributed by atoms with Gasteiger partial charge in [0.05, 0.1) is 30.4 Å². The van der Waals surface area contributed by atoms with Crippen LogP contribution >= 0.6 is 11.6 Å². The third-order valence-electron chi connectivity index (χ3n) is 7.52. The zero-order valence-corrected chi connectivity index (χ0v) is 18.6. The number of hydrogen-bond acceptors (Lipinski definition) is 4. The highest BCUT2D eigenvalue weighted by molar-refractivity contribution is 6.33. The lowest BCUT2D eigenvalue weighted by Crippen LogP contribution is -2.41. The number of halogens is 1. The Hall–Kier alpha value is -1.14. The number of carbonyl (C=O) groups excluding carboxylic acids is 1. The minimum atomic E-state index is -0.0699. The number of fused-ring (bicyclic) bond motifs is 2. The Balaban J connectivity index is 1.32. The van der Waals surface area contributed by atoms with Gasteiger partial charge < -0.3 is 20.5 Å². The third kappa shape index (κ3) is 5.18. The van der Waals surface area contributed by atoms with E-state index in [2.05, 4.69) is 10.6 Å². The highest BCUT2D eigenvalue weighted by atomic mass is 35.5. The Kier molecular flexibility index (Phi) is 7.35. The lowest BCUT2D eigenvalue weighted by molar-refractivity contribution is 0.0853. The quantitative estimate of drug-likeness (QED) is 0.490. The molecule has 4 atom stereocenters. The maximum Gasteiger partial charge on any atom is 0.252 e. The molecule has 0 aliphatic heterocycles. The van der Waals surface area contributed by atoms with Crippen LogP contribution in [0, 0.1) is 23.2 Å². The van der Waals surface area contributed by atoms with E-state index in [0.717, 1.165) is 29.9 Å². The molecule has 166 valence electrons. The molecule has 5 nitrogen and oxygen atoms in total. The van der Waals surface area contributed by atoms with E-state index >= 15 is 0 Å². The van der Waals surface area contributed by atoms with E-state index in [1.807, 2.05) is 12.1 Å². The monoisotopic (exact) mass is 434 g/mol. The minimum Gasteiger partial charge on any atom is -0.395 e. The molecule has 0 radical (unpaired) electrons. The summed E-state index contributed by atoms with van der Waals surface area (Å²) >= 11 is 6.35. The summed E-state index contributed by atoms with van der Waals surface area (Å²) in [6.45, 7) is 3.14. The van der Waals surface area contributed by atoms with Gasteiger partial charge in [0.15, 0.2) is 0 Å². The van der Waals surface area contributed by atoms with Crippen molar-refractivity contribution in [3.05, 3.63) is 34.3 Å². The highest BCUT2D eigenvalue weighted by Crippen LogP contribution is 2.58. The predicted octanol–water partition coefficient (Wildman–Crippen LogP) is 3.77. The first-order valence-electron chi connectivity index (χ1n) is 11.5. The average Bonchev–Trinajstić information content (AvgIpc) is 2.96. The molecule has 0 aromatic heterocycles. The Morgan fingerprint density at radius 2 is 2.10 bits per heavy atom. The van der Waals surface area contributed by atoms with Gasteiger partial charge in [-0.2, -0.15) is 0 Å². The first-order valence-corrected chi connectivity index (χ1v) is 11.9. The molecule has 3 aliphatic rings. The van der Waals surface area contributed by atoms with Crippen LogP contribution in [0.5, 0.6) is 0 Å². The van der Waals surface area contributed by atoms with Gasteiger partial charge in [-0.1, -0.05) is 30.5 Å². The molecule has 0 heterocycles. The summed E-state index contributed by atoms with van der Waals surface area (Å²) in [5.41, 5.74) is 1.78. The van der Waals surface area contributed by atoms with Crippen LogP contribution in [0.1, 0.15) is 60.9 Å².